The summed E-state index contributed by atoms with van der Waals surface area (Å²) in [5.74, 6) is -3.72. The van der Waals surface area contributed by atoms with Crippen molar-refractivity contribution in [3.63, 3.8) is 0 Å². The first-order valence-corrected chi connectivity index (χ1v) is 10.2. The first-order valence-electron chi connectivity index (χ1n) is 10.2. The molecule has 1 saturated heterocycles. The average molecular weight is 459 g/mol. The van der Waals surface area contributed by atoms with Crippen LogP contribution in [0, 0.1) is 5.41 Å². The van der Waals surface area contributed by atoms with Crippen LogP contribution in [-0.2, 0) is 9.47 Å². The van der Waals surface area contributed by atoms with Crippen molar-refractivity contribution in [2.45, 2.75) is 78.6 Å². The van der Waals surface area contributed by atoms with Gasteiger partial charge in [-0.25, -0.2) is 23.4 Å². The number of aliphatic hydroxyl groups is 1. The van der Waals surface area contributed by atoms with E-state index in [1.54, 1.807) is 41.5 Å². The molecule has 1 aromatic rings. The van der Waals surface area contributed by atoms with Gasteiger partial charge in [0.05, 0.1) is 6.54 Å². The second-order valence-corrected chi connectivity index (χ2v) is 10.5. The molecule has 0 spiro atoms. The van der Waals surface area contributed by atoms with E-state index in [1.807, 2.05) is 0 Å². The fraction of sp³-hybridized carbons (Fsp3) is 0.714. The number of alkyl halides is 2. The normalized spacial score (nSPS) is 20.5. The quantitative estimate of drug-likeness (QED) is 0.709. The standard InChI is InChI=1S/C21H32F2N4O5/c1-18(2,3)31-16(29)27(17(30)32-19(4,5)6)13-9-10-24-15(25-13)26-11-20(7,8)14(28)21(22,23)12-26/h9-10,14,28H,11-12H2,1-8H3/t14-/m1/s1. The second-order valence-electron chi connectivity index (χ2n) is 10.5. The molecule has 32 heavy (non-hydrogen) atoms. The summed E-state index contributed by atoms with van der Waals surface area (Å²) < 4.78 is 39.5. The van der Waals surface area contributed by atoms with E-state index < -0.39 is 47.4 Å². The number of nitrogens with zero attached hydrogens (tertiary/aromatic N) is 4. The van der Waals surface area contributed by atoms with Crippen molar-refractivity contribution < 1.29 is 33.0 Å². The number of halogens is 2. The monoisotopic (exact) mass is 458 g/mol. The van der Waals surface area contributed by atoms with Gasteiger partial charge in [0.2, 0.25) is 5.95 Å². The number of rotatable bonds is 2. The Morgan fingerprint density at radius 2 is 1.59 bits per heavy atom. The zero-order chi connectivity index (χ0) is 24.7. The highest BCUT2D eigenvalue weighted by atomic mass is 19.3. The van der Waals surface area contributed by atoms with Crippen molar-refractivity contribution in [2.75, 3.05) is 22.9 Å². The number of hydrogen-bond acceptors (Lipinski definition) is 8. The first-order chi connectivity index (χ1) is 14.3. The van der Waals surface area contributed by atoms with Gasteiger partial charge in [0, 0.05) is 24.2 Å². The van der Waals surface area contributed by atoms with E-state index in [0.717, 1.165) is 0 Å². The van der Waals surface area contributed by atoms with Crippen molar-refractivity contribution in [2.24, 2.45) is 5.41 Å². The Hall–Kier alpha value is -2.56. The van der Waals surface area contributed by atoms with E-state index in [1.165, 1.54) is 31.0 Å². The van der Waals surface area contributed by atoms with Crippen molar-refractivity contribution in [3.8, 4) is 0 Å². The number of piperidine rings is 1. The summed E-state index contributed by atoms with van der Waals surface area (Å²) in [5.41, 5.74) is -2.98. The molecular formula is C21H32F2N4O5. The van der Waals surface area contributed by atoms with Crippen molar-refractivity contribution in [1.29, 1.82) is 0 Å². The molecule has 1 N–H and O–H groups in total. The van der Waals surface area contributed by atoms with Crippen LogP contribution < -0.4 is 9.80 Å². The van der Waals surface area contributed by atoms with Gasteiger partial charge in [-0.2, -0.15) is 9.88 Å². The number of imide groups is 1. The number of aromatic nitrogens is 2. The summed E-state index contributed by atoms with van der Waals surface area (Å²) in [7, 11) is 0. The minimum Gasteiger partial charge on any atom is -0.443 e. The average Bonchev–Trinajstić information content (AvgIpc) is 2.56. The van der Waals surface area contributed by atoms with Crippen molar-refractivity contribution in [3.05, 3.63) is 12.3 Å². The van der Waals surface area contributed by atoms with Gasteiger partial charge in [0.15, 0.2) is 5.82 Å². The van der Waals surface area contributed by atoms with Crippen molar-refractivity contribution >= 4 is 24.0 Å². The van der Waals surface area contributed by atoms with Gasteiger partial charge in [-0.1, -0.05) is 13.8 Å². The van der Waals surface area contributed by atoms with E-state index >= 15 is 0 Å². The molecule has 1 atom stereocenters. The Morgan fingerprint density at radius 1 is 1.09 bits per heavy atom. The summed E-state index contributed by atoms with van der Waals surface area (Å²) in [6.45, 7) is 12.0. The van der Waals surface area contributed by atoms with Crippen LogP contribution in [0.15, 0.2) is 12.3 Å². The van der Waals surface area contributed by atoms with Gasteiger partial charge in [-0.05, 0) is 41.5 Å². The molecule has 9 nitrogen and oxygen atoms in total. The van der Waals surface area contributed by atoms with Crippen molar-refractivity contribution in [1.82, 2.24) is 9.97 Å². The molecule has 1 fully saturated rings. The predicted molar refractivity (Wildman–Crippen MR) is 114 cm³/mol. The maximum Gasteiger partial charge on any atom is 0.425 e. The molecule has 2 rings (SSSR count). The molecule has 0 saturated carbocycles. The highest BCUT2D eigenvalue weighted by Gasteiger charge is 2.53. The Balaban J connectivity index is 2.45. The van der Waals surface area contributed by atoms with E-state index in [9.17, 15) is 23.5 Å². The molecule has 0 bridgehead atoms. The van der Waals surface area contributed by atoms with Gasteiger partial charge in [0.25, 0.3) is 5.92 Å². The van der Waals surface area contributed by atoms with Crippen LogP contribution in [0.5, 0.6) is 0 Å². The predicted octanol–water partition coefficient (Wildman–Crippen LogP) is 4.00. The molecule has 1 aliphatic heterocycles. The molecule has 0 radical (unpaired) electrons. The Kier molecular flexibility index (Phi) is 6.76. The van der Waals surface area contributed by atoms with Crippen LogP contribution >= 0.6 is 0 Å². The fourth-order valence-corrected chi connectivity index (χ4v) is 3.18. The second kappa shape index (κ2) is 8.42. The molecule has 0 aromatic carbocycles. The molecule has 0 unspecified atom stereocenters. The Bertz CT molecular complexity index is 818. The summed E-state index contributed by atoms with van der Waals surface area (Å²) in [6, 6.07) is 1.28. The van der Waals surface area contributed by atoms with Gasteiger partial charge < -0.3 is 19.5 Å². The van der Waals surface area contributed by atoms with Gasteiger partial charge >= 0.3 is 12.2 Å². The third-order valence-electron chi connectivity index (χ3n) is 4.43. The maximum absolute atomic E-state index is 14.4. The molecule has 1 aliphatic rings. The first kappa shape index (κ1) is 25.7. The Morgan fingerprint density at radius 3 is 2.03 bits per heavy atom. The summed E-state index contributed by atoms with van der Waals surface area (Å²) in [5, 5.41) is 9.99. The minimum atomic E-state index is -3.41. The summed E-state index contributed by atoms with van der Waals surface area (Å²) >= 11 is 0. The van der Waals surface area contributed by atoms with E-state index in [4.69, 9.17) is 9.47 Å². The SMILES string of the molecule is CC(C)(C)OC(=O)N(C(=O)OC(C)(C)C)c1ccnc(N2CC(C)(C)[C@@H](O)C(F)(F)C2)n1. The molecule has 11 heteroatoms. The summed E-state index contributed by atoms with van der Waals surface area (Å²) in [4.78, 5) is 35.6. The zero-order valence-corrected chi connectivity index (χ0v) is 19.8. The Labute approximate surface area is 186 Å². The lowest BCUT2D eigenvalue weighted by Gasteiger charge is -2.46. The number of aliphatic hydroxyl groups excluding tert-OH is 1. The molecule has 180 valence electrons. The van der Waals surface area contributed by atoms with Gasteiger partial charge in [-0.15, -0.1) is 0 Å². The van der Waals surface area contributed by atoms with E-state index in [2.05, 4.69) is 9.97 Å². The smallest absolute Gasteiger partial charge is 0.425 e. The van der Waals surface area contributed by atoms with Crippen LogP contribution in [0.25, 0.3) is 0 Å². The number of hydrogen-bond donors (Lipinski definition) is 1. The molecule has 1 aromatic heterocycles. The maximum atomic E-state index is 14.4. The lowest BCUT2D eigenvalue weighted by Crippen LogP contribution is -2.61. The lowest BCUT2D eigenvalue weighted by atomic mass is 9.79. The molecule has 2 amide bonds. The largest absolute Gasteiger partial charge is 0.443 e. The topological polar surface area (TPSA) is 105 Å². The number of carbonyl (C=O) groups is 2. The molecular weight excluding hydrogens is 426 g/mol. The molecule has 2 heterocycles. The number of amides is 2. The van der Waals surface area contributed by atoms with Gasteiger partial charge in [0.1, 0.15) is 17.3 Å². The summed E-state index contributed by atoms with van der Waals surface area (Å²) in [6.07, 6.45) is -2.66. The van der Waals surface area contributed by atoms with Gasteiger partial charge in [-0.3, -0.25) is 0 Å². The highest BCUT2D eigenvalue weighted by Crippen LogP contribution is 2.39. The third kappa shape index (κ3) is 6.24. The number of anilines is 2. The van der Waals surface area contributed by atoms with E-state index in [0.29, 0.717) is 4.90 Å². The van der Waals surface area contributed by atoms with Crippen LogP contribution in [0.1, 0.15) is 55.4 Å². The van der Waals surface area contributed by atoms with E-state index in [-0.39, 0.29) is 18.3 Å². The van der Waals surface area contributed by atoms with Crippen LogP contribution in [0.4, 0.5) is 30.1 Å². The number of ether oxygens (including phenoxy) is 2. The minimum absolute atomic E-state index is 0.0338. The van der Waals surface area contributed by atoms with Crippen LogP contribution in [-0.4, -0.2) is 63.6 Å². The molecule has 0 aliphatic carbocycles. The third-order valence-corrected chi connectivity index (χ3v) is 4.43. The zero-order valence-electron chi connectivity index (χ0n) is 19.8. The van der Waals surface area contributed by atoms with Crippen LogP contribution in [0.3, 0.4) is 0 Å². The lowest BCUT2D eigenvalue weighted by molar-refractivity contribution is -0.160. The number of carbonyl (C=O) groups excluding carboxylic acids is 2. The van der Waals surface area contributed by atoms with Crippen LogP contribution in [0.2, 0.25) is 0 Å². The highest BCUT2D eigenvalue weighted by molar-refractivity contribution is 6.08. The fourth-order valence-electron chi connectivity index (χ4n) is 3.18.